The van der Waals surface area contributed by atoms with E-state index in [4.69, 9.17) is 14.0 Å². The number of nitrogens with one attached hydrogen (secondary N) is 2. The van der Waals surface area contributed by atoms with E-state index < -0.39 is 6.09 Å². The van der Waals surface area contributed by atoms with Crippen molar-refractivity contribution in [3.63, 3.8) is 0 Å². The number of amides is 2. The van der Waals surface area contributed by atoms with Gasteiger partial charge in [-0.1, -0.05) is 43.8 Å². The van der Waals surface area contributed by atoms with Gasteiger partial charge in [0.05, 0.1) is 13.2 Å². The van der Waals surface area contributed by atoms with Gasteiger partial charge in [0.2, 0.25) is 5.76 Å². The first-order valence-corrected chi connectivity index (χ1v) is 13.8. The van der Waals surface area contributed by atoms with Gasteiger partial charge in [-0.2, -0.15) is 0 Å². The molecule has 2 N–H and O–H groups in total. The molecule has 4 fully saturated rings. The summed E-state index contributed by atoms with van der Waals surface area (Å²) in [7, 11) is 0. The summed E-state index contributed by atoms with van der Waals surface area (Å²) in [6.07, 6.45) is 5.78. The molecule has 2 aromatic rings. The maximum absolute atomic E-state index is 13.4. The van der Waals surface area contributed by atoms with Crippen LogP contribution in [-0.4, -0.2) is 43.0 Å². The second kappa shape index (κ2) is 11.2. The molecule has 6 rings (SSSR count). The van der Waals surface area contributed by atoms with Gasteiger partial charge in [0.1, 0.15) is 11.5 Å². The molecule has 4 bridgehead atoms. The highest BCUT2D eigenvalue weighted by atomic mass is 32.2. The minimum atomic E-state index is -0.484. The predicted octanol–water partition coefficient (Wildman–Crippen LogP) is 5.14. The van der Waals surface area contributed by atoms with Crippen LogP contribution in [0.3, 0.4) is 0 Å². The maximum Gasteiger partial charge on any atom is 0.407 e. The molecule has 4 saturated carbocycles. The summed E-state index contributed by atoms with van der Waals surface area (Å²) in [5.41, 5.74) is 0. The van der Waals surface area contributed by atoms with E-state index in [0.717, 1.165) is 16.7 Å². The molecule has 1 heterocycles. The van der Waals surface area contributed by atoms with E-state index >= 15 is 0 Å². The van der Waals surface area contributed by atoms with Gasteiger partial charge >= 0.3 is 6.09 Å². The Balaban J connectivity index is 1.24. The fraction of sp³-hybridized carbons (Fsp3) is 0.593. The number of aromatic nitrogens is 1. The molecule has 9 heteroatoms. The zero-order chi connectivity index (χ0) is 25.1. The number of rotatable bonds is 10. The number of hydrogen-bond acceptors (Lipinski definition) is 7. The van der Waals surface area contributed by atoms with Crippen LogP contribution in [0.5, 0.6) is 5.88 Å². The van der Waals surface area contributed by atoms with E-state index in [1.54, 1.807) is 0 Å². The van der Waals surface area contributed by atoms with Crippen LogP contribution in [0.2, 0.25) is 0 Å². The SMILES string of the molecule is CC(C)COC(=O)NCCOc1noc(C(=O)NC2C3CC4CC(C3)CC2C4)c1Sc1ccccc1. The molecule has 1 aromatic carbocycles. The Bertz CT molecular complexity index is 1030. The third-order valence-electron chi connectivity index (χ3n) is 7.47. The van der Waals surface area contributed by atoms with Crippen molar-refractivity contribution in [1.29, 1.82) is 0 Å². The minimum absolute atomic E-state index is 0.169. The summed E-state index contributed by atoms with van der Waals surface area (Å²) in [5.74, 6) is 3.27. The number of ether oxygens (including phenoxy) is 2. The molecule has 0 atom stereocenters. The van der Waals surface area contributed by atoms with Gasteiger partial charge in [0, 0.05) is 10.9 Å². The number of nitrogens with zero attached hydrogens (tertiary/aromatic N) is 1. The predicted molar refractivity (Wildman–Crippen MR) is 135 cm³/mol. The van der Waals surface area contributed by atoms with E-state index in [-0.39, 0.29) is 42.7 Å². The average molecular weight is 514 g/mol. The zero-order valence-corrected chi connectivity index (χ0v) is 21.7. The largest absolute Gasteiger partial charge is 0.473 e. The van der Waals surface area contributed by atoms with Crippen LogP contribution in [0, 0.1) is 29.6 Å². The van der Waals surface area contributed by atoms with Gasteiger partial charge in [0.15, 0.2) is 0 Å². The number of carbonyl (C=O) groups is 2. The lowest BCUT2D eigenvalue weighted by Crippen LogP contribution is -2.55. The van der Waals surface area contributed by atoms with Gasteiger partial charge in [-0.25, -0.2) is 4.79 Å². The molecule has 0 unspecified atom stereocenters. The number of benzene rings is 1. The van der Waals surface area contributed by atoms with Gasteiger partial charge in [-0.3, -0.25) is 4.79 Å². The average Bonchev–Trinajstić information content (AvgIpc) is 3.25. The Hall–Kier alpha value is -2.68. The quantitative estimate of drug-likeness (QED) is 0.424. The molecule has 0 aliphatic heterocycles. The molecule has 0 radical (unpaired) electrons. The van der Waals surface area contributed by atoms with Crippen LogP contribution < -0.4 is 15.4 Å². The van der Waals surface area contributed by atoms with Crippen molar-refractivity contribution in [3.05, 3.63) is 36.1 Å². The summed E-state index contributed by atoms with van der Waals surface area (Å²) in [6, 6.07) is 9.96. The van der Waals surface area contributed by atoms with Crippen LogP contribution in [-0.2, 0) is 4.74 Å². The van der Waals surface area contributed by atoms with Crippen molar-refractivity contribution >= 4 is 23.8 Å². The van der Waals surface area contributed by atoms with Crippen molar-refractivity contribution in [2.45, 2.75) is 61.8 Å². The van der Waals surface area contributed by atoms with Crippen LogP contribution in [0.25, 0.3) is 0 Å². The fourth-order valence-corrected chi connectivity index (χ4v) is 7.11. The number of alkyl carbamates (subject to hydrolysis) is 1. The molecule has 2 amide bonds. The summed E-state index contributed by atoms with van der Waals surface area (Å²) in [4.78, 5) is 26.7. The van der Waals surface area contributed by atoms with E-state index in [9.17, 15) is 9.59 Å². The first-order valence-electron chi connectivity index (χ1n) is 13.0. The van der Waals surface area contributed by atoms with E-state index in [2.05, 4.69) is 15.8 Å². The van der Waals surface area contributed by atoms with Crippen LogP contribution in [0.4, 0.5) is 4.79 Å². The van der Waals surface area contributed by atoms with Crippen molar-refractivity contribution in [1.82, 2.24) is 15.8 Å². The molecular formula is C27H35N3O5S. The Labute approximate surface area is 216 Å². The summed E-state index contributed by atoms with van der Waals surface area (Å²) in [5, 5.41) is 10.0. The Morgan fingerprint density at radius 2 is 1.78 bits per heavy atom. The van der Waals surface area contributed by atoms with Gasteiger partial charge in [0.25, 0.3) is 11.8 Å². The summed E-state index contributed by atoms with van der Waals surface area (Å²) >= 11 is 1.39. The van der Waals surface area contributed by atoms with Gasteiger partial charge in [-0.05, 0) is 79.0 Å². The van der Waals surface area contributed by atoms with Crippen LogP contribution >= 0.6 is 11.8 Å². The lowest BCUT2D eigenvalue weighted by atomic mass is 9.54. The Morgan fingerprint density at radius 3 is 2.44 bits per heavy atom. The summed E-state index contributed by atoms with van der Waals surface area (Å²) in [6.45, 7) is 4.72. The minimum Gasteiger partial charge on any atom is -0.473 e. The highest BCUT2D eigenvalue weighted by Gasteiger charge is 2.49. The molecular weight excluding hydrogens is 478 g/mol. The molecule has 36 heavy (non-hydrogen) atoms. The molecule has 4 aliphatic rings. The normalized spacial score (nSPS) is 26.1. The lowest BCUT2D eigenvalue weighted by molar-refractivity contribution is -0.0124. The maximum atomic E-state index is 13.4. The molecule has 4 aliphatic carbocycles. The fourth-order valence-electron chi connectivity index (χ4n) is 6.17. The van der Waals surface area contributed by atoms with E-state index in [0.29, 0.717) is 23.3 Å². The first-order chi connectivity index (χ1) is 17.5. The van der Waals surface area contributed by atoms with Crippen LogP contribution in [0.1, 0.15) is 56.5 Å². The Morgan fingerprint density at radius 1 is 1.08 bits per heavy atom. The van der Waals surface area contributed by atoms with Crippen LogP contribution in [0.15, 0.2) is 44.6 Å². The summed E-state index contributed by atoms with van der Waals surface area (Å²) < 4.78 is 16.5. The monoisotopic (exact) mass is 513 g/mol. The van der Waals surface area contributed by atoms with Crippen molar-refractivity contribution < 1.29 is 23.6 Å². The van der Waals surface area contributed by atoms with Gasteiger partial charge in [-0.15, -0.1) is 0 Å². The Kier molecular flexibility index (Phi) is 7.74. The molecule has 8 nitrogen and oxygen atoms in total. The third-order valence-corrected chi connectivity index (χ3v) is 8.54. The van der Waals surface area contributed by atoms with Crippen molar-refractivity contribution in [2.75, 3.05) is 19.8 Å². The molecule has 0 spiro atoms. The van der Waals surface area contributed by atoms with Crippen molar-refractivity contribution in [3.8, 4) is 5.88 Å². The van der Waals surface area contributed by atoms with E-state index in [1.807, 2.05) is 44.2 Å². The number of hydrogen-bond donors (Lipinski definition) is 2. The van der Waals surface area contributed by atoms with E-state index in [1.165, 1.54) is 43.9 Å². The smallest absolute Gasteiger partial charge is 0.407 e. The second-order valence-corrected chi connectivity index (χ2v) is 11.8. The third kappa shape index (κ3) is 5.82. The lowest BCUT2D eigenvalue weighted by Gasteiger charge is -2.54. The molecule has 194 valence electrons. The second-order valence-electron chi connectivity index (χ2n) is 10.8. The van der Waals surface area contributed by atoms with Gasteiger partial charge < -0.3 is 24.6 Å². The van der Waals surface area contributed by atoms with Crippen molar-refractivity contribution in [2.24, 2.45) is 29.6 Å². The highest BCUT2D eigenvalue weighted by Crippen LogP contribution is 2.53. The molecule has 1 aromatic heterocycles. The molecule has 0 saturated heterocycles. The standard InChI is InChI=1S/C27H35N3O5S/c1-16(2)15-34-27(32)28-8-9-33-26-24(36-21-6-4-3-5-7-21)23(35-30-26)25(31)29-22-19-11-17-10-18(13-19)14-20(22)12-17/h3-7,16-20,22H,8-15H2,1-2H3,(H,28,32)(H,29,31). The first kappa shape index (κ1) is 25.0. The highest BCUT2D eigenvalue weighted by molar-refractivity contribution is 7.99. The topological polar surface area (TPSA) is 103 Å². The zero-order valence-electron chi connectivity index (χ0n) is 20.9. The number of carbonyl (C=O) groups excluding carboxylic acids is 2.